The van der Waals surface area contributed by atoms with Crippen molar-refractivity contribution in [2.75, 3.05) is 0 Å². The molecule has 70 valence electrons. The lowest BCUT2D eigenvalue weighted by atomic mass is 10.2. The number of halogens is 1. The second-order valence-electron chi connectivity index (χ2n) is 2.59. The van der Waals surface area contributed by atoms with Gasteiger partial charge >= 0.3 is 11.9 Å². The standard InChI is InChI=1S/C9H4FNO3/c10-6-4-2-1-3-5(6)8-11-7(12)9(13)14-8/h1-4H. The molecule has 5 heteroatoms. The maximum atomic E-state index is 13.1. The highest BCUT2D eigenvalue weighted by atomic mass is 19.1. The number of carbonyl (C=O) groups is 2. The first-order valence-corrected chi connectivity index (χ1v) is 3.78. The van der Waals surface area contributed by atoms with Gasteiger partial charge in [-0.3, -0.25) is 4.79 Å². The first-order chi connectivity index (χ1) is 6.68. The SMILES string of the molecule is O=C1N=C(c2ccccc2F)OC1=O. The summed E-state index contributed by atoms with van der Waals surface area (Å²) >= 11 is 0. The second kappa shape index (κ2) is 3.02. The number of cyclic esters (lactones) is 1. The molecule has 4 nitrogen and oxygen atoms in total. The van der Waals surface area contributed by atoms with E-state index in [4.69, 9.17) is 0 Å². The van der Waals surface area contributed by atoms with Gasteiger partial charge < -0.3 is 4.74 Å². The minimum absolute atomic E-state index is 0.00620. The van der Waals surface area contributed by atoms with Crippen LogP contribution >= 0.6 is 0 Å². The van der Waals surface area contributed by atoms with E-state index in [0.29, 0.717) is 0 Å². The normalized spacial score (nSPS) is 15.4. The number of amides is 1. The van der Waals surface area contributed by atoms with Crippen LogP contribution < -0.4 is 0 Å². The number of hydrogen-bond donors (Lipinski definition) is 0. The van der Waals surface area contributed by atoms with E-state index in [9.17, 15) is 14.0 Å². The topological polar surface area (TPSA) is 55.7 Å². The fourth-order valence-corrected chi connectivity index (χ4v) is 1.04. The number of benzene rings is 1. The minimum atomic E-state index is -1.08. The van der Waals surface area contributed by atoms with Crippen molar-refractivity contribution in [2.24, 2.45) is 4.99 Å². The number of rotatable bonds is 1. The molecule has 0 saturated carbocycles. The summed E-state index contributed by atoms with van der Waals surface area (Å²) in [6.45, 7) is 0. The largest absolute Gasteiger partial charge is 0.406 e. The van der Waals surface area contributed by atoms with E-state index in [-0.39, 0.29) is 11.5 Å². The Hall–Kier alpha value is -2.04. The Morgan fingerprint density at radius 2 is 1.93 bits per heavy atom. The Morgan fingerprint density at radius 1 is 1.21 bits per heavy atom. The Balaban J connectivity index is 2.43. The fourth-order valence-electron chi connectivity index (χ4n) is 1.04. The van der Waals surface area contributed by atoms with Crippen LogP contribution in [0.1, 0.15) is 5.56 Å². The van der Waals surface area contributed by atoms with Crippen LogP contribution in [0.15, 0.2) is 29.3 Å². The molecule has 14 heavy (non-hydrogen) atoms. The van der Waals surface area contributed by atoms with Crippen molar-refractivity contribution in [3.8, 4) is 0 Å². The Kier molecular flexibility index (Phi) is 1.85. The lowest BCUT2D eigenvalue weighted by Crippen LogP contribution is -2.09. The van der Waals surface area contributed by atoms with Gasteiger partial charge in [0.05, 0.1) is 5.56 Å². The van der Waals surface area contributed by atoms with Crippen molar-refractivity contribution in [3.63, 3.8) is 0 Å². The molecule has 1 aromatic rings. The van der Waals surface area contributed by atoms with Crippen LogP contribution in [0.5, 0.6) is 0 Å². The van der Waals surface area contributed by atoms with E-state index in [1.807, 2.05) is 0 Å². The third-order valence-corrected chi connectivity index (χ3v) is 1.67. The maximum Gasteiger partial charge on any atom is 0.406 e. The molecule has 0 bridgehead atoms. The molecule has 0 saturated heterocycles. The Bertz CT molecular complexity index is 453. The van der Waals surface area contributed by atoms with E-state index in [0.717, 1.165) is 0 Å². The molecule has 1 aromatic carbocycles. The molecule has 1 amide bonds. The third kappa shape index (κ3) is 1.28. The summed E-state index contributed by atoms with van der Waals surface area (Å²) in [5.74, 6) is -2.96. The molecule has 0 radical (unpaired) electrons. The zero-order valence-electron chi connectivity index (χ0n) is 6.86. The number of carbonyl (C=O) groups excluding carboxylic acids is 2. The molecular formula is C9H4FNO3. The van der Waals surface area contributed by atoms with Crippen LogP contribution in [0, 0.1) is 5.82 Å². The summed E-state index contributed by atoms with van der Waals surface area (Å²) in [4.78, 5) is 24.6. The number of nitrogens with zero attached hydrogens (tertiary/aromatic N) is 1. The molecule has 0 atom stereocenters. The molecule has 1 aliphatic rings. The summed E-state index contributed by atoms with van der Waals surface area (Å²) in [6, 6.07) is 5.60. The fraction of sp³-hybridized carbons (Fsp3) is 0. The molecule has 0 fully saturated rings. The van der Waals surface area contributed by atoms with Crippen LogP contribution in [-0.2, 0) is 14.3 Å². The van der Waals surface area contributed by atoms with E-state index < -0.39 is 17.7 Å². The maximum absolute atomic E-state index is 13.1. The van der Waals surface area contributed by atoms with Crippen LogP contribution in [0.3, 0.4) is 0 Å². The van der Waals surface area contributed by atoms with E-state index in [1.165, 1.54) is 18.2 Å². The summed E-state index contributed by atoms with van der Waals surface area (Å²) in [5, 5.41) is 0. The molecule has 0 N–H and O–H groups in total. The molecule has 2 rings (SSSR count). The molecule has 0 aromatic heterocycles. The molecule has 0 spiro atoms. The van der Waals surface area contributed by atoms with Crippen molar-refractivity contribution in [1.82, 2.24) is 0 Å². The average molecular weight is 193 g/mol. The highest BCUT2D eigenvalue weighted by Crippen LogP contribution is 2.12. The number of aliphatic imine (C=N–C) groups is 1. The van der Waals surface area contributed by atoms with Gasteiger partial charge in [-0.25, -0.2) is 9.18 Å². The minimum Gasteiger partial charge on any atom is -0.399 e. The van der Waals surface area contributed by atoms with Crippen molar-refractivity contribution >= 4 is 17.8 Å². The molecule has 0 aliphatic carbocycles. The highest BCUT2D eigenvalue weighted by molar-refractivity contribution is 6.41. The summed E-state index contributed by atoms with van der Waals surface area (Å²) in [6.07, 6.45) is 0. The van der Waals surface area contributed by atoms with Crippen molar-refractivity contribution in [1.29, 1.82) is 0 Å². The van der Waals surface area contributed by atoms with E-state index >= 15 is 0 Å². The van der Waals surface area contributed by atoms with Gasteiger partial charge in [-0.15, -0.1) is 0 Å². The molecular weight excluding hydrogens is 189 g/mol. The quantitative estimate of drug-likeness (QED) is 0.486. The highest BCUT2D eigenvalue weighted by Gasteiger charge is 2.28. The predicted octanol–water partition coefficient (Wildman–Crippen LogP) is 0.656. The Morgan fingerprint density at radius 3 is 2.50 bits per heavy atom. The molecule has 0 unspecified atom stereocenters. The van der Waals surface area contributed by atoms with Gasteiger partial charge in [0.2, 0.25) is 5.90 Å². The lowest BCUT2D eigenvalue weighted by Gasteiger charge is -1.99. The second-order valence-corrected chi connectivity index (χ2v) is 2.59. The summed E-state index contributed by atoms with van der Waals surface area (Å²) in [5.41, 5.74) is 0.00620. The third-order valence-electron chi connectivity index (χ3n) is 1.67. The van der Waals surface area contributed by atoms with Gasteiger partial charge in [-0.05, 0) is 12.1 Å². The zero-order valence-corrected chi connectivity index (χ0v) is 6.86. The van der Waals surface area contributed by atoms with E-state index in [1.54, 1.807) is 6.07 Å². The molecule has 1 aliphatic heterocycles. The number of esters is 1. The van der Waals surface area contributed by atoms with Crippen LogP contribution in [-0.4, -0.2) is 17.8 Å². The van der Waals surface area contributed by atoms with Crippen molar-refractivity contribution in [3.05, 3.63) is 35.6 Å². The van der Waals surface area contributed by atoms with E-state index in [2.05, 4.69) is 9.73 Å². The van der Waals surface area contributed by atoms with Gasteiger partial charge in [-0.1, -0.05) is 12.1 Å². The molecule has 1 heterocycles. The number of ether oxygens (including phenoxy) is 1. The monoisotopic (exact) mass is 193 g/mol. The Labute approximate surface area is 78.0 Å². The van der Waals surface area contributed by atoms with Gasteiger partial charge in [0, 0.05) is 0 Å². The predicted molar refractivity (Wildman–Crippen MR) is 44.0 cm³/mol. The van der Waals surface area contributed by atoms with Gasteiger partial charge in [0.1, 0.15) is 5.82 Å². The smallest absolute Gasteiger partial charge is 0.399 e. The summed E-state index contributed by atoms with van der Waals surface area (Å²) in [7, 11) is 0. The van der Waals surface area contributed by atoms with Crippen molar-refractivity contribution in [2.45, 2.75) is 0 Å². The number of hydrogen-bond acceptors (Lipinski definition) is 3. The lowest BCUT2D eigenvalue weighted by molar-refractivity contribution is -0.145. The first kappa shape index (κ1) is 8.55. The van der Waals surface area contributed by atoms with Crippen molar-refractivity contribution < 1.29 is 18.7 Å². The first-order valence-electron chi connectivity index (χ1n) is 3.78. The van der Waals surface area contributed by atoms with Gasteiger partial charge in [0.15, 0.2) is 0 Å². The summed E-state index contributed by atoms with van der Waals surface area (Å²) < 4.78 is 17.6. The van der Waals surface area contributed by atoms with Gasteiger partial charge in [-0.2, -0.15) is 4.99 Å². The van der Waals surface area contributed by atoms with Crippen LogP contribution in [0.2, 0.25) is 0 Å². The average Bonchev–Trinajstić information content (AvgIpc) is 2.48. The van der Waals surface area contributed by atoms with Gasteiger partial charge in [0.25, 0.3) is 0 Å². The zero-order chi connectivity index (χ0) is 10.1. The van der Waals surface area contributed by atoms with Crippen LogP contribution in [0.4, 0.5) is 4.39 Å². The van der Waals surface area contributed by atoms with Crippen LogP contribution in [0.25, 0.3) is 0 Å².